The normalized spacial score (nSPS) is 19.9. The van der Waals surface area contributed by atoms with Crippen LogP contribution in [0.3, 0.4) is 0 Å². The second kappa shape index (κ2) is 3.83. The monoisotopic (exact) mass is 170 g/mol. The molecule has 0 aliphatic carbocycles. The Morgan fingerprint density at radius 2 is 2.45 bits per heavy atom. The van der Waals surface area contributed by atoms with Crippen molar-refractivity contribution in [3.8, 4) is 0 Å². The summed E-state index contributed by atoms with van der Waals surface area (Å²) < 4.78 is 0. The molecule has 11 heavy (non-hydrogen) atoms. The topological polar surface area (TPSA) is 15.3 Å². The van der Waals surface area contributed by atoms with E-state index in [9.17, 15) is 0 Å². The number of thiol groups is 1. The van der Waals surface area contributed by atoms with Crippen LogP contribution in [0.4, 0.5) is 0 Å². The Kier molecular flexibility index (Phi) is 3.02. The third-order valence-corrected chi connectivity index (χ3v) is 2.28. The summed E-state index contributed by atoms with van der Waals surface area (Å²) in [6, 6.07) is 0. The van der Waals surface area contributed by atoms with Crippen LogP contribution in [0.1, 0.15) is 6.42 Å². The van der Waals surface area contributed by atoms with E-state index >= 15 is 0 Å². The number of hydrogen-bond donors (Lipinski definition) is 2. The molecule has 0 aromatic heterocycles. The van der Waals surface area contributed by atoms with Crippen molar-refractivity contribution in [3.63, 3.8) is 0 Å². The van der Waals surface area contributed by atoms with Gasteiger partial charge in [0.25, 0.3) is 0 Å². The van der Waals surface area contributed by atoms with Gasteiger partial charge in [0.05, 0.1) is 5.37 Å². The number of allylic oxidation sites excluding steroid dienone is 1. The van der Waals surface area contributed by atoms with Gasteiger partial charge >= 0.3 is 0 Å². The molecule has 0 radical (unpaired) electrons. The van der Waals surface area contributed by atoms with Gasteiger partial charge in [-0.05, 0) is 25.2 Å². The van der Waals surface area contributed by atoms with Crippen LogP contribution in [0.2, 0.25) is 0 Å². The van der Waals surface area contributed by atoms with Gasteiger partial charge < -0.3 is 10.2 Å². The number of nitrogens with one attached hydrogen (secondary N) is 1. The Hall–Kier alpha value is -0.410. The quantitative estimate of drug-likeness (QED) is 0.478. The molecule has 3 heteroatoms. The zero-order valence-corrected chi connectivity index (χ0v) is 7.81. The predicted octanol–water partition coefficient (Wildman–Crippen LogP) is 1.19. The minimum Gasteiger partial charge on any atom is -0.358 e. The number of rotatable bonds is 2. The molecule has 0 aromatic carbocycles. The van der Waals surface area contributed by atoms with E-state index in [1.165, 1.54) is 5.57 Å². The van der Waals surface area contributed by atoms with Gasteiger partial charge in [0.15, 0.2) is 0 Å². The molecule has 1 rings (SSSR count). The average Bonchev–Trinajstić information content (AvgIpc) is 2.03. The van der Waals surface area contributed by atoms with Gasteiger partial charge in [-0.15, -0.1) is 0 Å². The summed E-state index contributed by atoms with van der Waals surface area (Å²) in [6.45, 7) is 0. The molecule has 0 aromatic rings. The molecule has 1 aliphatic rings. The Bertz CT molecular complexity index is 187. The maximum absolute atomic E-state index is 4.37. The molecule has 1 atom stereocenters. The van der Waals surface area contributed by atoms with E-state index < -0.39 is 0 Å². The van der Waals surface area contributed by atoms with Crippen LogP contribution in [0.15, 0.2) is 24.0 Å². The molecule has 1 aliphatic heterocycles. The van der Waals surface area contributed by atoms with Crippen LogP contribution in [0.5, 0.6) is 0 Å². The van der Waals surface area contributed by atoms with Crippen LogP contribution in [0.25, 0.3) is 0 Å². The van der Waals surface area contributed by atoms with Gasteiger partial charge in [0.1, 0.15) is 0 Å². The molecule has 62 valence electrons. The first-order valence-electron chi connectivity index (χ1n) is 3.68. The third kappa shape index (κ3) is 2.27. The van der Waals surface area contributed by atoms with Crippen LogP contribution in [-0.4, -0.2) is 24.4 Å². The van der Waals surface area contributed by atoms with E-state index in [1.807, 2.05) is 19.0 Å². The molecule has 2 nitrogen and oxygen atoms in total. The second-order valence-electron chi connectivity index (χ2n) is 2.65. The van der Waals surface area contributed by atoms with Gasteiger partial charge in [-0.3, -0.25) is 0 Å². The van der Waals surface area contributed by atoms with Crippen molar-refractivity contribution in [2.24, 2.45) is 0 Å². The molecule has 0 bridgehead atoms. The summed E-state index contributed by atoms with van der Waals surface area (Å²) >= 11 is 4.37. The van der Waals surface area contributed by atoms with E-state index in [2.05, 4.69) is 36.4 Å². The summed E-state index contributed by atoms with van der Waals surface area (Å²) in [5.41, 5.74) is 1.31. The van der Waals surface area contributed by atoms with E-state index in [1.54, 1.807) is 0 Å². The van der Waals surface area contributed by atoms with Crippen LogP contribution in [-0.2, 0) is 0 Å². The van der Waals surface area contributed by atoms with Gasteiger partial charge in [0.2, 0.25) is 0 Å². The van der Waals surface area contributed by atoms with Crippen molar-refractivity contribution in [1.82, 2.24) is 10.2 Å². The minimum absolute atomic E-state index is 0.183. The molecule has 0 fully saturated rings. The zero-order valence-electron chi connectivity index (χ0n) is 6.91. The minimum atomic E-state index is 0.183. The first-order valence-corrected chi connectivity index (χ1v) is 4.20. The second-order valence-corrected chi connectivity index (χ2v) is 3.17. The van der Waals surface area contributed by atoms with Crippen LogP contribution >= 0.6 is 12.6 Å². The Labute approximate surface area is 73.4 Å². The van der Waals surface area contributed by atoms with Crippen molar-refractivity contribution in [2.45, 2.75) is 11.8 Å². The number of nitrogens with zero attached hydrogens (tertiary/aromatic N) is 1. The lowest BCUT2D eigenvalue weighted by molar-refractivity contribution is 0.592. The first kappa shape index (κ1) is 8.68. The lowest BCUT2D eigenvalue weighted by atomic mass is 10.1. The van der Waals surface area contributed by atoms with E-state index in [0.717, 1.165) is 6.42 Å². The summed E-state index contributed by atoms with van der Waals surface area (Å²) in [5, 5.41) is 3.27. The molecule has 0 amide bonds. The van der Waals surface area contributed by atoms with Crippen molar-refractivity contribution >= 4 is 12.6 Å². The standard InChI is InChI=1S/C8H14N2S/c1-9-8(11)7-4-3-5-10(2)6-7/h3,5-6,8-9,11H,4H2,1-2H3. The summed E-state index contributed by atoms with van der Waals surface area (Å²) in [5.74, 6) is 0. The summed E-state index contributed by atoms with van der Waals surface area (Å²) in [7, 11) is 3.93. The first-order chi connectivity index (χ1) is 5.24. The van der Waals surface area contributed by atoms with E-state index in [4.69, 9.17) is 0 Å². The fourth-order valence-electron chi connectivity index (χ4n) is 1.08. The fourth-order valence-corrected chi connectivity index (χ4v) is 1.25. The molecule has 1 N–H and O–H groups in total. The molecule has 1 heterocycles. The molecular weight excluding hydrogens is 156 g/mol. The van der Waals surface area contributed by atoms with E-state index in [0.29, 0.717) is 0 Å². The molecule has 1 unspecified atom stereocenters. The van der Waals surface area contributed by atoms with Crippen molar-refractivity contribution in [1.29, 1.82) is 0 Å². The number of hydrogen-bond acceptors (Lipinski definition) is 3. The highest BCUT2D eigenvalue weighted by Crippen LogP contribution is 2.16. The van der Waals surface area contributed by atoms with Crippen LogP contribution < -0.4 is 5.32 Å². The lowest BCUT2D eigenvalue weighted by Crippen LogP contribution is -2.23. The van der Waals surface area contributed by atoms with Gasteiger partial charge in [-0.1, -0.05) is 6.08 Å². The molecule has 0 spiro atoms. The highest BCUT2D eigenvalue weighted by molar-refractivity contribution is 7.81. The third-order valence-electron chi connectivity index (χ3n) is 1.69. The fraction of sp³-hybridized carbons (Fsp3) is 0.500. The van der Waals surface area contributed by atoms with Gasteiger partial charge in [-0.25, -0.2) is 0 Å². The smallest absolute Gasteiger partial charge is 0.0736 e. The van der Waals surface area contributed by atoms with E-state index in [-0.39, 0.29) is 5.37 Å². The maximum atomic E-state index is 4.37. The summed E-state index contributed by atoms with van der Waals surface area (Å²) in [6.07, 6.45) is 7.29. The zero-order chi connectivity index (χ0) is 8.27. The summed E-state index contributed by atoms with van der Waals surface area (Å²) in [4.78, 5) is 2.04. The maximum Gasteiger partial charge on any atom is 0.0736 e. The SMILES string of the molecule is CNC(S)C1=CN(C)C=CC1. The largest absolute Gasteiger partial charge is 0.358 e. The highest BCUT2D eigenvalue weighted by Gasteiger charge is 2.08. The Morgan fingerprint density at radius 3 is 3.00 bits per heavy atom. The van der Waals surface area contributed by atoms with Crippen LogP contribution in [0, 0.1) is 0 Å². The van der Waals surface area contributed by atoms with Gasteiger partial charge in [0, 0.05) is 13.2 Å². The number of likely N-dealkylation sites (N-methyl/N-ethyl adjacent to an activating group) is 1. The van der Waals surface area contributed by atoms with Crippen molar-refractivity contribution in [2.75, 3.05) is 14.1 Å². The van der Waals surface area contributed by atoms with Crippen molar-refractivity contribution < 1.29 is 0 Å². The molecule has 0 saturated heterocycles. The Balaban J connectivity index is 2.58. The van der Waals surface area contributed by atoms with Gasteiger partial charge in [-0.2, -0.15) is 12.6 Å². The Morgan fingerprint density at radius 1 is 1.73 bits per heavy atom. The predicted molar refractivity (Wildman–Crippen MR) is 51.4 cm³/mol. The molecular formula is C8H14N2S. The lowest BCUT2D eigenvalue weighted by Gasteiger charge is -2.20. The average molecular weight is 170 g/mol. The molecule has 0 saturated carbocycles. The highest BCUT2D eigenvalue weighted by atomic mass is 32.1. The van der Waals surface area contributed by atoms with Crippen molar-refractivity contribution in [3.05, 3.63) is 24.0 Å².